The Hall–Kier alpha value is -2.73. The highest BCUT2D eigenvalue weighted by atomic mass is 32.1. The second-order valence-corrected chi connectivity index (χ2v) is 6.13. The SMILES string of the molecule is COc1ccc2cc(C(=O)CCC(=O)Nc3nccs3)ccc2c1. The monoisotopic (exact) mass is 340 g/mol. The Morgan fingerprint density at radius 3 is 2.67 bits per heavy atom. The number of anilines is 1. The molecule has 0 saturated heterocycles. The first kappa shape index (κ1) is 16.1. The average molecular weight is 340 g/mol. The maximum atomic E-state index is 12.3. The van der Waals surface area contributed by atoms with Gasteiger partial charge in [-0.3, -0.25) is 9.59 Å². The summed E-state index contributed by atoms with van der Waals surface area (Å²) in [6.45, 7) is 0. The number of carbonyl (C=O) groups is 2. The van der Waals surface area contributed by atoms with Gasteiger partial charge in [0.05, 0.1) is 7.11 Å². The van der Waals surface area contributed by atoms with Gasteiger partial charge in [-0.05, 0) is 29.0 Å². The summed E-state index contributed by atoms with van der Waals surface area (Å²) >= 11 is 1.35. The molecule has 0 fully saturated rings. The number of carbonyl (C=O) groups excluding carboxylic acids is 2. The molecule has 24 heavy (non-hydrogen) atoms. The van der Waals surface area contributed by atoms with Crippen LogP contribution in [0.15, 0.2) is 48.0 Å². The minimum Gasteiger partial charge on any atom is -0.497 e. The number of ketones is 1. The Labute approximate surface area is 143 Å². The molecule has 0 saturated carbocycles. The number of nitrogens with zero attached hydrogens (tertiary/aromatic N) is 1. The summed E-state index contributed by atoms with van der Waals surface area (Å²) in [5.74, 6) is 0.520. The number of benzene rings is 2. The first-order valence-corrected chi connectivity index (χ1v) is 8.34. The van der Waals surface area contributed by atoms with Gasteiger partial charge in [0.15, 0.2) is 10.9 Å². The molecular weight excluding hydrogens is 324 g/mol. The van der Waals surface area contributed by atoms with Gasteiger partial charge in [-0.25, -0.2) is 4.98 Å². The standard InChI is InChI=1S/C18H16N2O3S/c1-23-15-5-4-12-10-14(3-2-13(12)11-15)16(21)6-7-17(22)20-18-19-8-9-24-18/h2-5,8-11H,6-7H2,1H3,(H,19,20,22). The molecule has 0 atom stereocenters. The van der Waals surface area contributed by atoms with Crippen LogP contribution in [0.25, 0.3) is 10.8 Å². The van der Waals surface area contributed by atoms with Crippen LogP contribution < -0.4 is 10.1 Å². The van der Waals surface area contributed by atoms with Gasteiger partial charge in [0.1, 0.15) is 5.75 Å². The molecule has 1 amide bonds. The van der Waals surface area contributed by atoms with Crippen molar-refractivity contribution in [3.05, 3.63) is 53.5 Å². The van der Waals surface area contributed by atoms with Gasteiger partial charge in [-0.2, -0.15) is 0 Å². The molecule has 0 aliphatic carbocycles. The lowest BCUT2D eigenvalue weighted by molar-refractivity contribution is -0.116. The predicted octanol–water partition coefficient (Wildman–Crippen LogP) is 3.91. The second-order valence-electron chi connectivity index (χ2n) is 5.24. The normalized spacial score (nSPS) is 10.5. The Kier molecular flexibility index (Phi) is 4.86. The van der Waals surface area contributed by atoms with Crippen LogP contribution in [-0.2, 0) is 4.79 Å². The number of thiazole rings is 1. The largest absolute Gasteiger partial charge is 0.497 e. The van der Waals surface area contributed by atoms with E-state index in [1.165, 1.54) is 11.3 Å². The maximum absolute atomic E-state index is 12.3. The molecule has 122 valence electrons. The van der Waals surface area contributed by atoms with Crippen molar-refractivity contribution in [3.8, 4) is 5.75 Å². The zero-order valence-electron chi connectivity index (χ0n) is 13.1. The van der Waals surface area contributed by atoms with Crippen molar-refractivity contribution in [3.63, 3.8) is 0 Å². The van der Waals surface area contributed by atoms with Crippen LogP contribution in [0.4, 0.5) is 5.13 Å². The fourth-order valence-electron chi connectivity index (χ4n) is 2.36. The second kappa shape index (κ2) is 7.23. The fourth-order valence-corrected chi connectivity index (χ4v) is 2.91. The molecule has 3 aromatic rings. The van der Waals surface area contributed by atoms with Crippen LogP contribution in [-0.4, -0.2) is 23.8 Å². The lowest BCUT2D eigenvalue weighted by Gasteiger charge is -2.05. The molecule has 1 N–H and O–H groups in total. The minimum absolute atomic E-state index is 0.0537. The number of Topliss-reactive ketones (excluding diaryl/α,β-unsaturated/α-hetero) is 1. The molecule has 2 aromatic carbocycles. The van der Waals surface area contributed by atoms with Gasteiger partial charge in [0, 0.05) is 30.0 Å². The number of rotatable bonds is 6. The maximum Gasteiger partial charge on any atom is 0.226 e. The van der Waals surface area contributed by atoms with Crippen LogP contribution in [0.5, 0.6) is 5.75 Å². The molecule has 3 rings (SSSR count). The molecule has 0 aliphatic heterocycles. The van der Waals surface area contributed by atoms with Gasteiger partial charge in [0.25, 0.3) is 0 Å². The van der Waals surface area contributed by atoms with E-state index in [9.17, 15) is 9.59 Å². The van der Waals surface area contributed by atoms with E-state index in [0.29, 0.717) is 10.7 Å². The lowest BCUT2D eigenvalue weighted by atomic mass is 10.0. The Morgan fingerprint density at radius 2 is 1.92 bits per heavy atom. The number of hydrogen-bond acceptors (Lipinski definition) is 5. The molecule has 0 spiro atoms. The molecule has 1 aromatic heterocycles. The van der Waals surface area contributed by atoms with E-state index in [1.54, 1.807) is 24.8 Å². The van der Waals surface area contributed by atoms with Crippen LogP contribution in [0.1, 0.15) is 23.2 Å². The summed E-state index contributed by atoms with van der Waals surface area (Å²) in [5.41, 5.74) is 0.606. The minimum atomic E-state index is -0.205. The fraction of sp³-hybridized carbons (Fsp3) is 0.167. The van der Waals surface area contributed by atoms with Crippen molar-refractivity contribution >= 4 is 38.9 Å². The third kappa shape index (κ3) is 3.78. The summed E-state index contributed by atoms with van der Waals surface area (Å²) in [6, 6.07) is 11.2. The third-order valence-electron chi connectivity index (χ3n) is 3.63. The average Bonchev–Trinajstić information content (AvgIpc) is 3.11. The molecule has 5 nitrogen and oxygen atoms in total. The smallest absolute Gasteiger partial charge is 0.226 e. The van der Waals surface area contributed by atoms with Gasteiger partial charge in [-0.1, -0.05) is 18.2 Å². The summed E-state index contributed by atoms with van der Waals surface area (Å²) in [7, 11) is 1.62. The zero-order chi connectivity index (χ0) is 16.9. The first-order chi connectivity index (χ1) is 11.7. The van der Waals surface area contributed by atoms with Crippen molar-refractivity contribution in [1.29, 1.82) is 0 Å². The van der Waals surface area contributed by atoms with E-state index >= 15 is 0 Å². The Balaban J connectivity index is 1.64. The Morgan fingerprint density at radius 1 is 1.12 bits per heavy atom. The molecular formula is C18H16N2O3S. The van der Waals surface area contributed by atoms with Gasteiger partial charge < -0.3 is 10.1 Å². The van der Waals surface area contributed by atoms with E-state index in [2.05, 4.69) is 10.3 Å². The number of nitrogens with one attached hydrogen (secondary N) is 1. The molecule has 0 unspecified atom stereocenters. The van der Waals surface area contributed by atoms with Gasteiger partial charge in [0.2, 0.25) is 5.91 Å². The van der Waals surface area contributed by atoms with Gasteiger partial charge in [-0.15, -0.1) is 11.3 Å². The molecule has 0 bridgehead atoms. The van der Waals surface area contributed by atoms with E-state index in [0.717, 1.165) is 16.5 Å². The summed E-state index contributed by atoms with van der Waals surface area (Å²) in [4.78, 5) is 28.1. The van der Waals surface area contributed by atoms with Crippen LogP contribution >= 0.6 is 11.3 Å². The lowest BCUT2D eigenvalue weighted by Crippen LogP contribution is -2.13. The number of fused-ring (bicyclic) bond motifs is 1. The molecule has 1 heterocycles. The summed E-state index contributed by atoms with van der Waals surface area (Å²) < 4.78 is 5.19. The summed E-state index contributed by atoms with van der Waals surface area (Å²) in [5, 5.41) is 6.98. The number of methoxy groups -OCH3 is 1. The summed E-state index contributed by atoms with van der Waals surface area (Å²) in [6.07, 6.45) is 1.92. The molecule has 6 heteroatoms. The van der Waals surface area contributed by atoms with Crippen molar-refractivity contribution < 1.29 is 14.3 Å². The van der Waals surface area contributed by atoms with E-state index < -0.39 is 0 Å². The topological polar surface area (TPSA) is 68.3 Å². The van der Waals surface area contributed by atoms with Crippen LogP contribution in [0, 0.1) is 0 Å². The van der Waals surface area contributed by atoms with E-state index in [4.69, 9.17) is 4.74 Å². The van der Waals surface area contributed by atoms with Crippen molar-refractivity contribution in [1.82, 2.24) is 4.98 Å². The van der Waals surface area contributed by atoms with E-state index in [1.807, 2.05) is 30.3 Å². The third-order valence-corrected chi connectivity index (χ3v) is 4.32. The predicted molar refractivity (Wildman–Crippen MR) is 94.8 cm³/mol. The molecule has 0 aliphatic rings. The first-order valence-electron chi connectivity index (χ1n) is 7.46. The van der Waals surface area contributed by atoms with Crippen molar-refractivity contribution in [2.24, 2.45) is 0 Å². The quantitative estimate of drug-likeness (QED) is 0.691. The number of aromatic nitrogens is 1. The highest BCUT2D eigenvalue weighted by molar-refractivity contribution is 7.13. The van der Waals surface area contributed by atoms with Crippen LogP contribution in [0.2, 0.25) is 0 Å². The van der Waals surface area contributed by atoms with Gasteiger partial charge >= 0.3 is 0 Å². The Bertz CT molecular complexity index is 875. The highest BCUT2D eigenvalue weighted by Crippen LogP contribution is 2.22. The van der Waals surface area contributed by atoms with Crippen molar-refractivity contribution in [2.75, 3.05) is 12.4 Å². The zero-order valence-corrected chi connectivity index (χ0v) is 13.9. The highest BCUT2D eigenvalue weighted by Gasteiger charge is 2.11. The van der Waals surface area contributed by atoms with Crippen LogP contribution in [0.3, 0.4) is 0 Å². The molecule has 0 radical (unpaired) electrons. The van der Waals surface area contributed by atoms with E-state index in [-0.39, 0.29) is 24.5 Å². The van der Waals surface area contributed by atoms with Crippen molar-refractivity contribution in [2.45, 2.75) is 12.8 Å². The number of hydrogen-bond donors (Lipinski definition) is 1. The number of amides is 1. The number of ether oxygens (including phenoxy) is 1.